The molecule has 0 saturated heterocycles. The highest BCUT2D eigenvalue weighted by atomic mass is 35.5. The summed E-state index contributed by atoms with van der Waals surface area (Å²) >= 11 is 5.86. The van der Waals surface area contributed by atoms with Crippen molar-refractivity contribution in [1.29, 1.82) is 0 Å². The number of rotatable bonds is 1. The second-order valence-electron chi connectivity index (χ2n) is 4.04. The van der Waals surface area contributed by atoms with Gasteiger partial charge in [-0.05, 0) is 31.3 Å². The van der Waals surface area contributed by atoms with Crippen molar-refractivity contribution in [2.45, 2.75) is 38.5 Å². The zero-order valence-electron chi connectivity index (χ0n) is 7.81. The van der Waals surface area contributed by atoms with Crippen LogP contribution < -0.4 is 0 Å². The number of hydrogen-bond acceptors (Lipinski definition) is 1. The molecule has 0 aromatic carbocycles. The molecular weight excluding hydrogens is 184 g/mol. The first-order chi connectivity index (χ1) is 6.33. The summed E-state index contributed by atoms with van der Waals surface area (Å²) in [5, 5.41) is 0. The minimum absolute atomic E-state index is 0.377. The number of halogens is 1. The second-order valence-corrected chi connectivity index (χ2v) is 4.35. The first-order valence-electron chi connectivity index (χ1n) is 5.14. The van der Waals surface area contributed by atoms with Crippen molar-refractivity contribution in [2.75, 3.05) is 5.88 Å². The highest BCUT2D eigenvalue weighted by Gasteiger charge is 2.31. The van der Waals surface area contributed by atoms with E-state index in [4.69, 9.17) is 11.6 Å². The molecule has 1 atom stereocenters. The van der Waals surface area contributed by atoms with Gasteiger partial charge < -0.3 is 0 Å². The van der Waals surface area contributed by atoms with E-state index in [2.05, 4.69) is 0 Å². The molecule has 2 rings (SSSR count). The number of Topliss-reactive ketones (excluding diaryl/α,β-unsaturated/α-hetero) is 1. The summed E-state index contributed by atoms with van der Waals surface area (Å²) in [7, 11) is 0. The molecule has 2 heteroatoms. The third kappa shape index (κ3) is 1.67. The van der Waals surface area contributed by atoms with E-state index in [1.807, 2.05) is 0 Å². The van der Waals surface area contributed by atoms with Crippen LogP contribution in [0.2, 0.25) is 0 Å². The van der Waals surface area contributed by atoms with Gasteiger partial charge in [0.1, 0.15) is 0 Å². The maximum Gasteiger partial charge on any atom is 0.159 e. The molecule has 0 radical (unpaired) electrons. The molecule has 1 nitrogen and oxygen atoms in total. The van der Waals surface area contributed by atoms with Gasteiger partial charge in [-0.2, -0.15) is 0 Å². The molecule has 0 amide bonds. The molecule has 0 fully saturated rings. The van der Waals surface area contributed by atoms with Crippen LogP contribution in [0.15, 0.2) is 11.1 Å². The smallest absolute Gasteiger partial charge is 0.159 e. The average Bonchev–Trinajstić information content (AvgIpc) is 2.38. The van der Waals surface area contributed by atoms with E-state index in [0.717, 1.165) is 18.4 Å². The molecule has 72 valence electrons. The molecule has 0 saturated carbocycles. The van der Waals surface area contributed by atoms with E-state index >= 15 is 0 Å². The van der Waals surface area contributed by atoms with Crippen molar-refractivity contribution in [3.8, 4) is 0 Å². The largest absolute Gasteiger partial charge is 0.295 e. The van der Waals surface area contributed by atoms with Crippen LogP contribution in [0.3, 0.4) is 0 Å². The monoisotopic (exact) mass is 198 g/mol. The van der Waals surface area contributed by atoms with Gasteiger partial charge in [0, 0.05) is 18.2 Å². The van der Waals surface area contributed by atoms with Crippen molar-refractivity contribution in [3.05, 3.63) is 11.1 Å². The number of carbonyl (C=O) groups is 1. The summed E-state index contributed by atoms with van der Waals surface area (Å²) in [6.45, 7) is 0. The van der Waals surface area contributed by atoms with Gasteiger partial charge in [0.05, 0.1) is 0 Å². The van der Waals surface area contributed by atoms with Crippen molar-refractivity contribution in [3.63, 3.8) is 0 Å². The van der Waals surface area contributed by atoms with E-state index < -0.39 is 0 Å². The van der Waals surface area contributed by atoms with Crippen molar-refractivity contribution >= 4 is 17.4 Å². The third-order valence-electron chi connectivity index (χ3n) is 3.21. The van der Waals surface area contributed by atoms with Crippen molar-refractivity contribution in [2.24, 2.45) is 5.92 Å². The number of ketones is 1. The molecule has 13 heavy (non-hydrogen) atoms. The van der Waals surface area contributed by atoms with E-state index in [1.54, 1.807) is 0 Å². The lowest BCUT2D eigenvalue weighted by atomic mass is 9.99. The summed E-state index contributed by atoms with van der Waals surface area (Å²) in [5.41, 5.74) is 2.54. The predicted molar refractivity (Wildman–Crippen MR) is 53.9 cm³/mol. The van der Waals surface area contributed by atoms with Gasteiger partial charge in [-0.25, -0.2) is 0 Å². The number of allylic oxidation sites excluding steroid dienone is 2. The fourth-order valence-corrected chi connectivity index (χ4v) is 2.79. The minimum Gasteiger partial charge on any atom is -0.295 e. The normalized spacial score (nSPS) is 29.0. The Kier molecular flexibility index (Phi) is 2.73. The Hall–Kier alpha value is -0.300. The maximum atomic E-state index is 11.6. The SMILES string of the molecule is O=C1C[C@H](CCl)C2=C1CCCCC2. The highest BCUT2D eigenvalue weighted by Crippen LogP contribution is 2.38. The molecule has 0 spiro atoms. The number of carbonyl (C=O) groups excluding carboxylic acids is 1. The molecule has 0 unspecified atom stereocenters. The molecule has 0 N–H and O–H groups in total. The van der Waals surface area contributed by atoms with Crippen LogP contribution in [0, 0.1) is 5.92 Å². The van der Waals surface area contributed by atoms with Crippen LogP contribution in [0.25, 0.3) is 0 Å². The Bertz CT molecular complexity index is 255. The quantitative estimate of drug-likeness (QED) is 0.592. The van der Waals surface area contributed by atoms with Crippen LogP contribution in [-0.4, -0.2) is 11.7 Å². The Morgan fingerprint density at radius 2 is 2.00 bits per heavy atom. The first-order valence-corrected chi connectivity index (χ1v) is 5.67. The minimum atomic E-state index is 0.377. The number of alkyl halides is 1. The van der Waals surface area contributed by atoms with Gasteiger partial charge in [0.2, 0.25) is 0 Å². The Morgan fingerprint density at radius 1 is 1.23 bits per heavy atom. The molecule has 0 heterocycles. The van der Waals surface area contributed by atoms with Gasteiger partial charge in [-0.1, -0.05) is 12.0 Å². The lowest BCUT2D eigenvalue weighted by Gasteiger charge is -2.09. The summed E-state index contributed by atoms with van der Waals surface area (Å²) < 4.78 is 0. The van der Waals surface area contributed by atoms with Gasteiger partial charge in [-0.15, -0.1) is 11.6 Å². The molecular formula is C11H15ClO. The summed E-state index contributed by atoms with van der Waals surface area (Å²) in [4.78, 5) is 11.6. The Balaban J connectivity index is 2.24. The summed E-state index contributed by atoms with van der Waals surface area (Å²) in [6.07, 6.45) is 6.54. The summed E-state index contributed by atoms with van der Waals surface area (Å²) in [6, 6.07) is 0. The van der Waals surface area contributed by atoms with Crippen LogP contribution in [0.5, 0.6) is 0 Å². The number of hydrogen-bond donors (Lipinski definition) is 0. The Morgan fingerprint density at radius 3 is 2.77 bits per heavy atom. The van der Waals surface area contributed by atoms with Crippen LogP contribution in [0.1, 0.15) is 38.5 Å². The van der Waals surface area contributed by atoms with Gasteiger partial charge in [-0.3, -0.25) is 4.79 Å². The summed E-state index contributed by atoms with van der Waals surface area (Å²) in [5.74, 6) is 1.38. The molecule has 0 aromatic heterocycles. The standard InChI is InChI=1S/C11H15ClO/c12-7-8-6-11(13)10-5-3-1-2-4-9(8)10/h8H,1-7H2/t8-/m1/s1. The zero-order valence-corrected chi connectivity index (χ0v) is 8.57. The van der Waals surface area contributed by atoms with Crippen molar-refractivity contribution in [1.82, 2.24) is 0 Å². The molecule has 0 bridgehead atoms. The maximum absolute atomic E-state index is 11.6. The fourth-order valence-electron chi connectivity index (χ4n) is 2.49. The predicted octanol–water partition coefficient (Wildman–Crippen LogP) is 3.07. The van der Waals surface area contributed by atoms with E-state index in [1.165, 1.54) is 24.8 Å². The van der Waals surface area contributed by atoms with E-state index in [-0.39, 0.29) is 0 Å². The van der Waals surface area contributed by atoms with Gasteiger partial charge in [0.25, 0.3) is 0 Å². The second kappa shape index (κ2) is 3.83. The third-order valence-corrected chi connectivity index (χ3v) is 3.58. The Labute approximate surface area is 84.2 Å². The van der Waals surface area contributed by atoms with Crippen LogP contribution in [0.4, 0.5) is 0 Å². The fraction of sp³-hybridized carbons (Fsp3) is 0.727. The lowest BCUT2D eigenvalue weighted by molar-refractivity contribution is -0.115. The molecule has 0 aliphatic heterocycles. The lowest BCUT2D eigenvalue weighted by Crippen LogP contribution is -2.02. The van der Waals surface area contributed by atoms with E-state index in [0.29, 0.717) is 24.0 Å². The molecule has 2 aliphatic rings. The van der Waals surface area contributed by atoms with Crippen LogP contribution in [-0.2, 0) is 4.79 Å². The van der Waals surface area contributed by atoms with Gasteiger partial charge >= 0.3 is 0 Å². The zero-order chi connectivity index (χ0) is 9.26. The van der Waals surface area contributed by atoms with E-state index in [9.17, 15) is 4.79 Å². The molecule has 0 aromatic rings. The van der Waals surface area contributed by atoms with Crippen molar-refractivity contribution < 1.29 is 4.79 Å². The topological polar surface area (TPSA) is 17.1 Å². The highest BCUT2D eigenvalue weighted by molar-refractivity contribution is 6.18. The molecule has 2 aliphatic carbocycles. The van der Waals surface area contributed by atoms with Crippen LogP contribution >= 0.6 is 11.6 Å². The average molecular weight is 199 g/mol. The first kappa shape index (κ1) is 9.26. The van der Waals surface area contributed by atoms with Gasteiger partial charge in [0.15, 0.2) is 5.78 Å².